The molecular formula is C14H24N2O5. The molecule has 2 atom stereocenters. The maximum absolute atomic E-state index is 12.2. The van der Waals surface area contributed by atoms with Crippen molar-refractivity contribution >= 4 is 23.6 Å². The summed E-state index contributed by atoms with van der Waals surface area (Å²) >= 11 is 0. The van der Waals surface area contributed by atoms with E-state index in [1.54, 1.807) is 13.8 Å². The Labute approximate surface area is 124 Å². The molecule has 0 rings (SSSR count). The van der Waals surface area contributed by atoms with E-state index in [0.717, 1.165) is 0 Å². The van der Waals surface area contributed by atoms with E-state index in [4.69, 9.17) is 0 Å². The molecule has 0 aromatic rings. The van der Waals surface area contributed by atoms with Gasteiger partial charge in [0, 0.05) is 13.3 Å². The summed E-state index contributed by atoms with van der Waals surface area (Å²) in [5.74, 6) is -1.64. The quantitative estimate of drug-likeness (QED) is 0.622. The van der Waals surface area contributed by atoms with E-state index in [-0.39, 0.29) is 30.4 Å². The number of esters is 1. The Morgan fingerprint density at radius 2 is 1.62 bits per heavy atom. The molecule has 0 saturated heterocycles. The SMILES string of the molecule is COC(=O)[C@H](CCC(C)=O)NC(=O)[C@H](NC(C)=O)C(C)C. The van der Waals surface area contributed by atoms with E-state index in [1.165, 1.54) is 21.0 Å². The fraction of sp³-hybridized carbons (Fsp3) is 0.714. The highest BCUT2D eigenvalue weighted by Gasteiger charge is 2.28. The molecular weight excluding hydrogens is 276 g/mol. The van der Waals surface area contributed by atoms with Crippen molar-refractivity contribution < 1.29 is 23.9 Å². The van der Waals surface area contributed by atoms with E-state index in [2.05, 4.69) is 15.4 Å². The molecule has 0 spiro atoms. The van der Waals surface area contributed by atoms with Crippen molar-refractivity contribution in [2.24, 2.45) is 5.92 Å². The molecule has 7 nitrogen and oxygen atoms in total. The Balaban J connectivity index is 4.86. The maximum Gasteiger partial charge on any atom is 0.328 e. The largest absolute Gasteiger partial charge is 0.467 e. The molecule has 0 heterocycles. The number of carbonyl (C=O) groups is 4. The van der Waals surface area contributed by atoms with Gasteiger partial charge in [0.15, 0.2) is 0 Å². The molecule has 0 aromatic heterocycles. The van der Waals surface area contributed by atoms with Crippen LogP contribution in [0.1, 0.15) is 40.5 Å². The number of rotatable bonds is 8. The van der Waals surface area contributed by atoms with Gasteiger partial charge in [0.25, 0.3) is 0 Å². The van der Waals surface area contributed by atoms with Crippen LogP contribution in [0.25, 0.3) is 0 Å². The Kier molecular flexibility index (Phi) is 8.26. The third kappa shape index (κ3) is 7.43. The first-order valence-corrected chi connectivity index (χ1v) is 6.83. The van der Waals surface area contributed by atoms with E-state index >= 15 is 0 Å². The van der Waals surface area contributed by atoms with Crippen molar-refractivity contribution in [3.05, 3.63) is 0 Å². The molecule has 7 heteroatoms. The highest BCUT2D eigenvalue weighted by Crippen LogP contribution is 2.06. The monoisotopic (exact) mass is 300 g/mol. The van der Waals surface area contributed by atoms with Gasteiger partial charge in [0.1, 0.15) is 17.9 Å². The number of Topliss-reactive ketones (excluding diaryl/α,β-unsaturated/α-hetero) is 1. The van der Waals surface area contributed by atoms with Crippen LogP contribution in [-0.2, 0) is 23.9 Å². The van der Waals surface area contributed by atoms with Crippen LogP contribution in [0.15, 0.2) is 0 Å². The number of ether oxygens (including phenoxy) is 1. The summed E-state index contributed by atoms with van der Waals surface area (Å²) in [5, 5.41) is 5.07. The van der Waals surface area contributed by atoms with Gasteiger partial charge in [-0.25, -0.2) is 4.79 Å². The molecule has 0 fully saturated rings. The number of hydrogen-bond acceptors (Lipinski definition) is 5. The lowest BCUT2D eigenvalue weighted by Crippen LogP contribution is -2.53. The van der Waals surface area contributed by atoms with Crippen molar-refractivity contribution in [3.63, 3.8) is 0 Å². The Hall–Kier alpha value is -1.92. The number of ketones is 1. The average Bonchev–Trinajstić information content (AvgIpc) is 2.38. The fourth-order valence-electron chi connectivity index (χ4n) is 1.75. The van der Waals surface area contributed by atoms with Gasteiger partial charge in [-0.1, -0.05) is 13.8 Å². The first-order chi connectivity index (χ1) is 9.68. The van der Waals surface area contributed by atoms with Gasteiger partial charge in [-0.3, -0.25) is 9.59 Å². The van der Waals surface area contributed by atoms with Gasteiger partial charge in [0.05, 0.1) is 7.11 Å². The van der Waals surface area contributed by atoms with Crippen molar-refractivity contribution in [2.75, 3.05) is 7.11 Å². The highest BCUT2D eigenvalue weighted by molar-refractivity contribution is 5.90. The molecule has 0 aliphatic carbocycles. The van der Waals surface area contributed by atoms with Gasteiger partial charge in [-0.05, 0) is 19.3 Å². The average molecular weight is 300 g/mol. The summed E-state index contributed by atoms with van der Waals surface area (Å²) in [6, 6.07) is -1.65. The second-order valence-electron chi connectivity index (χ2n) is 5.25. The van der Waals surface area contributed by atoms with Gasteiger partial charge in [-0.15, -0.1) is 0 Å². The number of nitrogens with one attached hydrogen (secondary N) is 2. The van der Waals surface area contributed by atoms with E-state index in [1.807, 2.05) is 0 Å². The van der Waals surface area contributed by atoms with Crippen LogP contribution in [0.2, 0.25) is 0 Å². The molecule has 0 aromatic carbocycles. The smallest absolute Gasteiger partial charge is 0.328 e. The maximum atomic E-state index is 12.2. The minimum atomic E-state index is -0.901. The third-order valence-electron chi connectivity index (χ3n) is 2.90. The molecule has 0 radical (unpaired) electrons. The Morgan fingerprint density at radius 1 is 1.05 bits per heavy atom. The molecule has 0 aliphatic heterocycles. The summed E-state index contributed by atoms with van der Waals surface area (Å²) in [4.78, 5) is 46.0. The van der Waals surface area contributed by atoms with Crippen molar-refractivity contribution in [1.82, 2.24) is 10.6 Å². The summed E-state index contributed by atoms with van der Waals surface area (Å²) in [6.45, 7) is 6.28. The minimum Gasteiger partial charge on any atom is -0.467 e. The summed E-state index contributed by atoms with van der Waals surface area (Å²) in [7, 11) is 1.21. The summed E-state index contributed by atoms with van der Waals surface area (Å²) in [5.41, 5.74) is 0. The Morgan fingerprint density at radius 3 is 2.00 bits per heavy atom. The second kappa shape index (κ2) is 9.10. The number of amides is 2. The highest BCUT2D eigenvalue weighted by atomic mass is 16.5. The molecule has 0 bridgehead atoms. The molecule has 2 amide bonds. The van der Waals surface area contributed by atoms with Crippen LogP contribution in [0.4, 0.5) is 0 Å². The zero-order valence-electron chi connectivity index (χ0n) is 13.2. The van der Waals surface area contributed by atoms with Gasteiger partial charge in [0.2, 0.25) is 11.8 Å². The van der Waals surface area contributed by atoms with Crippen LogP contribution in [0, 0.1) is 5.92 Å². The lowest BCUT2D eigenvalue weighted by molar-refractivity contribution is -0.145. The second-order valence-corrected chi connectivity index (χ2v) is 5.25. The third-order valence-corrected chi connectivity index (χ3v) is 2.90. The van der Waals surface area contributed by atoms with E-state index in [0.29, 0.717) is 0 Å². The Bertz CT molecular complexity index is 406. The first kappa shape index (κ1) is 19.1. The van der Waals surface area contributed by atoms with Crippen molar-refractivity contribution in [1.29, 1.82) is 0 Å². The standard InChI is InChI=1S/C14H24N2O5/c1-8(2)12(15-10(4)18)13(19)16-11(14(20)21-5)7-6-9(3)17/h8,11-12H,6-7H2,1-5H3,(H,15,18)(H,16,19)/t11-,12+/m0/s1. The summed E-state index contributed by atoms with van der Waals surface area (Å²) in [6.07, 6.45) is 0.325. The van der Waals surface area contributed by atoms with Crippen LogP contribution >= 0.6 is 0 Å². The van der Waals surface area contributed by atoms with Gasteiger partial charge in [-0.2, -0.15) is 0 Å². The number of carbonyl (C=O) groups excluding carboxylic acids is 4. The van der Waals surface area contributed by atoms with Crippen molar-refractivity contribution in [2.45, 2.75) is 52.6 Å². The first-order valence-electron chi connectivity index (χ1n) is 6.83. The van der Waals surface area contributed by atoms with E-state index in [9.17, 15) is 19.2 Å². The normalized spacial score (nSPS) is 13.2. The van der Waals surface area contributed by atoms with E-state index < -0.39 is 24.0 Å². The molecule has 21 heavy (non-hydrogen) atoms. The molecule has 0 unspecified atom stereocenters. The molecule has 0 aliphatic rings. The predicted octanol–water partition coefficient (Wildman–Crippen LogP) is 0.174. The predicted molar refractivity (Wildman–Crippen MR) is 76.3 cm³/mol. The van der Waals surface area contributed by atoms with Crippen LogP contribution < -0.4 is 10.6 Å². The number of methoxy groups -OCH3 is 1. The number of hydrogen-bond donors (Lipinski definition) is 2. The zero-order valence-corrected chi connectivity index (χ0v) is 13.2. The molecule has 120 valence electrons. The lowest BCUT2D eigenvalue weighted by Gasteiger charge is -2.24. The topological polar surface area (TPSA) is 102 Å². The molecule has 0 saturated carbocycles. The molecule has 2 N–H and O–H groups in total. The zero-order chi connectivity index (χ0) is 16.6. The van der Waals surface area contributed by atoms with Gasteiger partial charge >= 0.3 is 5.97 Å². The fourth-order valence-corrected chi connectivity index (χ4v) is 1.75. The van der Waals surface area contributed by atoms with Crippen LogP contribution in [0.5, 0.6) is 0 Å². The van der Waals surface area contributed by atoms with Gasteiger partial charge < -0.3 is 20.2 Å². The van der Waals surface area contributed by atoms with Crippen LogP contribution in [-0.4, -0.2) is 42.8 Å². The van der Waals surface area contributed by atoms with Crippen molar-refractivity contribution in [3.8, 4) is 0 Å². The summed E-state index contributed by atoms with van der Waals surface area (Å²) < 4.78 is 4.61. The lowest BCUT2D eigenvalue weighted by atomic mass is 10.0. The minimum absolute atomic E-state index is 0.0829. The van der Waals surface area contributed by atoms with Crippen LogP contribution in [0.3, 0.4) is 0 Å².